The molecule has 0 radical (unpaired) electrons. The third-order valence-corrected chi connectivity index (χ3v) is 3.99. The molecule has 25 heavy (non-hydrogen) atoms. The fourth-order valence-corrected chi connectivity index (χ4v) is 2.86. The number of hydrogen-bond donors (Lipinski definition) is 2. The molecule has 0 aromatic carbocycles. The van der Waals surface area contributed by atoms with Crippen LogP contribution in [0.25, 0.3) is 0 Å². The van der Waals surface area contributed by atoms with Crippen molar-refractivity contribution in [3.05, 3.63) is 30.4 Å². The van der Waals surface area contributed by atoms with Gasteiger partial charge in [0.25, 0.3) is 6.47 Å². The Morgan fingerprint density at radius 1 is 1.20 bits per heavy atom. The van der Waals surface area contributed by atoms with Crippen molar-refractivity contribution in [3.8, 4) is 0 Å². The summed E-state index contributed by atoms with van der Waals surface area (Å²) in [6, 6.07) is 1.96. The maximum absolute atomic E-state index is 8.36. The van der Waals surface area contributed by atoms with E-state index in [1.54, 1.807) is 18.6 Å². The van der Waals surface area contributed by atoms with Gasteiger partial charge in [-0.25, -0.2) is 19.9 Å². The van der Waals surface area contributed by atoms with Gasteiger partial charge < -0.3 is 20.6 Å². The zero-order chi connectivity index (χ0) is 18.2. The van der Waals surface area contributed by atoms with E-state index in [-0.39, 0.29) is 6.47 Å². The number of carboxylic acid groups (broad SMARTS) is 1. The summed E-state index contributed by atoms with van der Waals surface area (Å²) in [7, 11) is 3.98. The first-order chi connectivity index (χ1) is 12.1. The Labute approximate surface area is 146 Å². The van der Waals surface area contributed by atoms with Crippen molar-refractivity contribution in [2.75, 3.05) is 42.7 Å². The summed E-state index contributed by atoms with van der Waals surface area (Å²) in [5, 5.41) is 6.89. The van der Waals surface area contributed by atoms with Gasteiger partial charge in [-0.1, -0.05) is 0 Å². The fourth-order valence-electron chi connectivity index (χ4n) is 2.86. The van der Waals surface area contributed by atoms with Gasteiger partial charge in [-0.05, 0) is 18.9 Å². The molecular weight excluding hydrogens is 322 g/mol. The van der Waals surface area contributed by atoms with Crippen LogP contribution >= 0.6 is 0 Å². The van der Waals surface area contributed by atoms with E-state index in [0.717, 1.165) is 43.3 Å². The molecule has 0 spiro atoms. The second kappa shape index (κ2) is 8.76. The van der Waals surface area contributed by atoms with E-state index < -0.39 is 0 Å². The van der Waals surface area contributed by atoms with Crippen LogP contribution in [0.3, 0.4) is 0 Å². The minimum atomic E-state index is -0.250. The van der Waals surface area contributed by atoms with Crippen molar-refractivity contribution in [2.24, 2.45) is 0 Å². The summed E-state index contributed by atoms with van der Waals surface area (Å²) in [5.74, 6) is 2.64. The van der Waals surface area contributed by atoms with Crippen LogP contribution in [0.4, 0.5) is 17.6 Å². The van der Waals surface area contributed by atoms with Gasteiger partial charge in [0.15, 0.2) is 11.6 Å². The standard InChI is InChI=1S/C15H21N7.CH2O2/c1-21(2)13-14(18-8-7-17-13)22-9-4-11(5-10-22)12-3-6-19-15(16)20-12;2-1-3/h3,6-8,11H,4-5,9-10H2,1-2H3,(H2,16,19,20);1H,(H,2,3). The molecular formula is C16H23N7O2. The molecule has 0 aliphatic carbocycles. The summed E-state index contributed by atoms with van der Waals surface area (Å²) in [6.45, 7) is 1.63. The van der Waals surface area contributed by atoms with Gasteiger partial charge >= 0.3 is 0 Å². The molecule has 9 nitrogen and oxygen atoms in total. The molecule has 0 atom stereocenters. The van der Waals surface area contributed by atoms with Crippen LogP contribution in [0.2, 0.25) is 0 Å². The van der Waals surface area contributed by atoms with Gasteiger partial charge in [0.1, 0.15) is 0 Å². The van der Waals surface area contributed by atoms with E-state index in [0.29, 0.717) is 11.9 Å². The highest BCUT2D eigenvalue weighted by atomic mass is 16.3. The number of aromatic nitrogens is 4. The predicted octanol–water partition coefficient (Wildman–Crippen LogP) is 1.000. The van der Waals surface area contributed by atoms with Crippen LogP contribution in [0, 0.1) is 0 Å². The predicted molar refractivity (Wildman–Crippen MR) is 95.7 cm³/mol. The fraction of sp³-hybridized carbons (Fsp3) is 0.438. The molecule has 134 valence electrons. The van der Waals surface area contributed by atoms with E-state index >= 15 is 0 Å². The molecule has 3 N–H and O–H groups in total. The second-order valence-corrected chi connectivity index (χ2v) is 5.80. The quantitative estimate of drug-likeness (QED) is 0.784. The Balaban J connectivity index is 0.000000701. The maximum Gasteiger partial charge on any atom is 0.290 e. The lowest BCUT2D eigenvalue weighted by Crippen LogP contribution is -2.35. The molecule has 1 fully saturated rings. The molecule has 0 unspecified atom stereocenters. The number of rotatable bonds is 3. The lowest BCUT2D eigenvalue weighted by Gasteiger charge is -2.33. The highest BCUT2D eigenvalue weighted by molar-refractivity contribution is 5.61. The van der Waals surface area contributed by atoms with Gasteiger partial charge in [-0.15, -0.1) is 0 Å². The minimum absolute atomic E-state index is 0.250. The first-order valence-corrected chi connectivity index (χ1v) is 7.96. The van der Waals surface area contributed by atoms with E-state index in [2.05, 4.69) is 24.8 Å². The molecule has 1 aliphatic rings. The maximum atomic E-state index is 8.36. The molecule has 1 saturated heterocycles. The normalized spacial score (nSPS) is 14.4. The Morgan fingerprint density at radius 3 is 2.44 bits per heavy atom. The summed E-state index contributed by atoms with van der Waals surface area (Å²) in [6.07, 6.45) is 7.27. The molecule has 1 aliphatic heterocycles. The van der Waals surface area contributed by atoms with Gasteiger partial charge in [0.2, 0.25) is 5.95 Å². The minimum Gasteiger partial charge on any atom is -0.483 e. The van der Waals surface area contributed by atoms with Crippen LogP contribution in [0.15, 0.2) is 24.7 Å². The average molecular weight is 345 g/mol. The van der Waals surface area contributed by atoms with Crippen LogP contribution in [0.1, 0.15) is 24.5 Å². The highest BCUT2D eigenvalue weighted by Crippen LogP contribution is 2.31. The molecule has 0 saturated carbocycles. The molecule has 0 amide bonds. The molecule has 2 aromatic rings. The summed E-state index contributed by atoms with van der Waals surface area (Å²) >= 11 is 0. The largest absolute Gasteiger partial charge is 0.483 e. The Hall–Kier alpha value is -2.97. The van der Waals surface area contributed by atoms with Crippen molar-refractivity contribution in [3.63, 3.8) is 0 Å². The van der Waals surface area contributed by atoms with Crippen LogP contribution in [-0.2, 0) is 4.79 Å². The van der Waals surface area contributed by atoms with Crippen LogP contribution in [-0.4, -0.2) is 58.7 Å². The van der Waals surface area contributed by atoms with Gasteiger partial charge in [0, 0.05) is 57.4 Å². The van der Waals surface area contributed by atoms with E-state index in [9.17, 15) is 0 Å². The van der Waals surface area contributed by atoms with Gasteiger partial charge in [-0.2, -0.15) is 0 Å². The van der Waals surface area contributed by atoms with Gasteiger partial charge in [-0.3, -0.25) is 4.79 Å². The first-order valence-electron chi connectivity index (χ1n) is 7.96. The molecule has 3 heterocycles. The number of anilines is 3. The van der Waals surface area contributed by atoms with Crippen LogP contribution in [0.5, 0.6) is 0 Å². The van der Waals surface area contributed by atoms with E-state index in [4.69, 9.17) is 15.6 Å². The molecule has 0 bridgehead atoms. The number of nitrogen functional groups attached to an aromatic ring is 1. The summed E-state index contributed by atoms with van der Waals surface area (Å²) in [5.41, 5.74) is 6.72. The zero-order valence-corrected chi connectivity index (χ0v) is 14.4. The van der Waals surface area contributed by atoms with Crippen molar-refractivity contribution < 1.29 is 9.90 Å². The van der Waals surface area contributed by atoms with Crippen molar-refractivity contribution >= 4 is 24.1 Å². The number of hydrogen-bond acceptors (Lipinski definition) is 8. The number of nitrogens with two attached hydrogens (primary N) is 1. The van der Waals surface area contributed by atoms with E-state index in [1.807, 2.05) is 25.1 Å². The van der Waals surface area contributed by atoms with Crippen molar-refractivity contribution in [1.82, 2.24) is 19.9 Å². The summed E-state index contributed by atoms with van der Waals surface area (Å²) < 4.78 is 0. The van der Waals surface area contributed by atoms with E-state index in [1.165, 1.54) is 0 Å². The Morgan fingerprint density at radius 2 is 1.84 bits per heavy atom. The summed E-state index contributed by atoms with van der Waals surface area (Å²) in [4.78, 5) is 29.9. The number of carbonyl (C=O) groups is 1. The SMILES string of the molecule is CN(C)c1nccnc1N1CCC(c2ccnc(N)n2)CC1.O=CO. The van der Waals surface area contributed by atoms with Gasteiger partial charge in [0.05, 0.1) is 0 Å². The van der Waals surface area contributed by atoms with Crippen molar-refractivity contribution in [1.29, 1.82) is 0 Å². The molecule has 3 rings (SSSR count). The Bertz CT molecular complexity index is 688. The Kier molecular flexibility index (Phi) is 6.44. The second-order valence-electron chi connectivity index (χ2n) is 5.80. The smallest absolute Gasteiger partial charge is 0.290 e. The molecule has 2 aromatic heterocycles. The highest BCUT2D eigenvalue weighted by Gasteiger charge is 2.24. The lowest BCUT2D eigenvalue weighted by molar-refractivity contribution is -0.122. The van der Waals surface area contributed by atoms with Crippen molar-refractivity contribution in [2.45, 2.75) is 18.8 Å². The number of nitrogens with zero attached hydrogens (tertiary/aromatic N) is 6. The third-order valence-electron chi connectivity index (χ3n) is 3.99. The third kappa shape index (κ3) is 4.75. The topological polar surface area (TPSA) is 121 Å². The number of piperidine rings is 1. The van der Waals surface area contributed by atoms with Crippen LogP contribution < -0.4 is 15.5 Å². The lowest BCUT2D eigenvalue weighted by atomic mass is 9.93. The molecule has 9 heteroatoms. The monoisotopic (exact) mass is 345 g/mol. The first kappa shape index (κ1) is 18.4. The average Bonchev–Trinajstić information content (AvgIpc) is 2.62. The zero-order valence-electron chi connectivity index (χ0n) is 14.4.